The minimum Gasteiger partial charge on any atom is -0.387 e. The summed E-state index contributed by atoms with van der Waals surface area (Å²) in [6.07, 6.45) is 0.404. The molecule has 2 aromatic carbocycles. The van der Waals surface area contributed by atoms with Crippen molar-refractivity contribution in [3.05, 3.63) is 70.3 Å². The summed E-state index contributed by atoms with van der Waals surface area (Å²) in [6.45, 7) is 2.10. The zero-order chi connectivity index (χ0) is 25.0. The molecule has 5 rings (SSSR count). The van der Waals surface area contributed by atoms with Crippen molar-refractivity contribution in [2.24, 2.45) is 5.92 Å². The van der Waals surface area contributed by atoms with Gasteiger partial charge in [-0.05, 0) is 71.1 Å². The van der Waals surface area contributed by atoms with E-state index < -0.39 is 35.8 Å². The lowest BCUT2D eigenvalue weighted by Gasteiger charge is -2.40. The van der Waals surface area contributed by atoms with Crippen LogP contribution in [0.1, 0.15) is 66.5 Å². The van der Waals surface area contributed by atoms with E-state index in [0.29, 0.717) is 12.8 Å². The lowest BCUT2D eigenvalue weighted by molar-refractivity contribution is -0.200. The molecule has 3 fully saturated rings. The maximum Gasteiger partial charge on any atom is 0.248 e. The second-order valence-corrected chi connectivity index (χ2v) is 11.4. The van der Waals surface area contributed by atoms with Gasteiger partial charge in [0.05, 0.1) is 0 Å². The number of thioether (sulfide) groups is 1. The number of alkyl halides is 2. The van der Waals surface area contributed by atoms with E-state index in [0.717, 1.165) is 29.5 Å². The van der Waals surface area contributed by atoms with E-state index in [1.807, 2.05) is 18.2 Å². The van der Waals surface area contributed by atoms with Crippen molar-refractivity contribution in [3.8, 4) is 0 Å². The van der Waals surface area contributed by atoms with Gasteiger partial charge in [-0.25, -0.2) is 8.78 Å². The molecule has 190 valence electrons. The molecule has 3 N–H and O–H groups in total. The Kier molecular flexibility index (Phi) is 6.77. The summed E-state index contributed by atoms with van der Waals surface area (Å²) < 4.78 is 33.5. The van der Waals surface area contributed by atoms with E-state index in [2.05, 4.69) is 31.2 Å². The molecule has 2 saturated carbocycles. The molecule has 4 nitrogen and oxygen atoms in total. The van der Waals surface area contributed by atoms with Gasteiger partial charge in [0.1, 0.15) is 29.9 Å². The van der Waals surface area contributed by atoms with Crippen molar-refractivity contribution in [1.29, 1.82) is 0 Å². The first-order valence-corrected chi connectivity index (χ1v) is 13.8. The zero-order valence-corrected chi connectivity index (χ0v) is 21.0. The van der Waals surface area contributed by atoms with Crippen LogP contribution in [0.5, 0.6) is 0 Å². The van der Waals surface area contributed by atoms with Gasteiger partial charge in [-0.15, -0.1) is 11.8 Å². The fourth-order valence-electron chi connectivity index (χ4n) is 6.15. The number of benzene rings is 2. The van der Waals surface area contributed by atoms with Gasteiger partial charge in [0.2, 0.25) is 5.92 Å². The second kappa shape index (κ2) is 9.42. The van der Waals surface area contributed by atoms with Crippen LogP contribution in [-0.4, -0.2) is 51.2 Å². The van der Waals surface area contributed by atoms with Crippen LogP contribution in [0.25, 0.3) is 0 Å². The van der Waals surface area contributed by atoms with Crippen molar-refractivity contribution in [1.82, 2.24) is 0 Å². The molecule has 1 heterocycles. The Morgan fingerprint density at radius 3 is 2.34 bits per heavy atom. The molecular formula is C28H34F2O4S. The van der Waals surface area contributed by atoms with Gasteiger partial charge in [-0.2, -0.15) is 0 Å². The number of aliphatic hydroxyl groups excluding tert-OH is 3. The third-order valence-electron chi connectivity index (χ3n) is 8.38. The predicted molar refractivity (Wildman–Crippen MR) is 133 cm³/mol. The Bertz CT molecular complexity index is 1060. The smallest absolute Gasteiger partial charge is 0.248 e. The molecule has 7 atom stereocenters. The van der Waals surface area contributed by atoms with E-state index in [1.54, 1.807) is 6.26 Å². The fourth-order valence-corrected chi connectivity index (χ4v) is 6.82. The monoisotopic (exact) mass is 504 g/mol. The van der Waals surface area contributed by atoms with Crippen molar-refractivity contribution in [3.63, 3.8) is 0 Å². The maximum atomic E-state index is 13.8. The quantitative estimate of drug-likeness (QED) is 0.529. The summed E-state index contributed by atoms with van der Waals surface area (Å²) >= 11 is 1.30. The number of hydrogen-bond acceptors (Lipinski definition) is 5. The Morgan fingerprint density at radius 1 is 0.943 bits per heavy atom. The summed E-state index contributed by atoms with van der Waals surface area (Å²) in [6, 6.07) is 14.4. The molecule has 35 heavy (non-hydrogen) atoms. The van der Waals surface area contributed by atoms with Gasteiger partial charge in [0.15, 0.2) is 0 Å². The standard InChI is InChI=1S/C28H34F2O4S/c1-3-17-6-7-18(25-23(32)22(31)24(33)26(34-25)35-2)13-19(17)12-16-4-8-20(9-5-16)27-10-11-28(29,30)15-21(27)14-27/h4-9,13,21-26,31-33H,3,10-12,14-15H2,1-2H3/t21-,22-,23-,24+,25?,26-,27-/m1/s1. The molecular weight excluding hydrogens is 470 g/mol. The van der Waals surface area contributed by atoms with Gasteiger partial charge < -0.3 is 20.1 Å². The number of rotatable bonds is 6. The highest BCUT2D eigenvalue weighted by atomic mass is 32.2. The lowest BCUT2D eigenvalue weighted by Crippen LogP contribution is -2.52. The SMILES string of the molecule is CCc1ccc(C2O[C@H](SC)[C@@H](O)[C@H](O)[C@H]2O)cc1Cc1ccc([C@]23CCC(F)(F)C[C@H]2C3)cc1. The Balaban J connectivity index is 1.35. The van der Waals surface area contributed by atoms with Gasteiger partial charge in [0, 0.05) is 12.8 Å². The third-order valence-corrected chi connectivity index (χ3v) is 9.23. The summed E-state index contributed by atoms with van der Waals surface area (Å²) in [5, 5.41) is 31.1. The van der Waals surface area contributed by atoms with E-state index in [1.165, 1.54) is 22.9 Å². The number of ether oxygens (including phenoxy) is 1. The van der Waals surface area contributed by atoms with Gasteiger partial charge in [-0.3, -0.25) is 0 Å². The Morgan fingerprint density at radius 2 is 1.69 bits per heavy atom. The molecule has 7 heteroatoms. The molecule has 0 bridgehead atoms. The topological polar surface area (TPSA) is 69.9 Å². The molecule has 0 aromatic heterocycles. The van der Waals surface area contributed by atoms with Crippen LogP contribution in [0.3, 0.4) is 0 Å². The first-order chi connectivity index (χ1) is 16.7. The highest BCUT2D eigenvalue weighted by Gasteiger charge is 2.61. The number of aliphatic hydroxyl groups is 3. The van der Waals surface area contributed by atoms with E-state index in [4.69, 9.17) is 4.74 Å². The third kappa shape index (κ3) is 4.66. The summed E-state index contributed by atoms with van der Waals surface area (Å²) in [4.78, 5) is 0. The molecule has 1 saturated heterocycles. The number of hydrogen-bond donors (Lipinski definition) is 3. The summed E-state index contributed by atoms with van der Waals surface area (Å²) in [5.41, 5.74) is 4.73. The van der Waals surface area contributed by atoms with Crippen LogP contribution in [0, 0.1) is 5.92 Å². The second-order valence-electron chi connectivity index (χ2n) is 10.5. The minimum absolute atomic E-state index is 0.0135. The molecule has 0 amide bonds. The molecule has 3 aliphatic rings. The van der Waals surface area contributed by atoms with Crippen LogP contribution < -0.4 is 0 Å². The van der Waals surface area contributed by atoms with E-state index >= 15 is 0 Å². The molecule has 2 aromatic rings. The Hall–Kier alpha value is -1.51. The van der Waals surface area contributed by atoms with Crippen molar-refractivity contribution < 1.29 is 28.8 Å². The molecule has 1 unspecified atom stereocenters. The van der Waals surface area contributed by atoms with Crippen LogP contribution in [0.2, 0.25) is 0 Å². The minimum atomic E-state index is -2.51. The molecule has 2 aliphatic carbocycles. The van der Waals surface area contributed by atoms with Crippen LogP contribution in [-0.2, 0) is 23.0 Å². The van der Waals surface area contributed by atoms with E-state index in [-0.39, 0.29) is 24.2 Å². The van der Waals surface area contributed by atoms with Crippen molar-refractivity contribution in [2.45, 2.75) is 86.6 Å². The van der Waals surface area contributed by atoms with Crippen molar-refractivity contribution >= 4 is 11.8 Å². The highest BCUT2D eigenvalue weighted by molar-refractivity contribution is 7.99. The molecule has 0 spiro atoms. The maximum absolute atomic E-state index is 13.8. The summed E-state index contributed by atoms with van der Waals surface area (Å²) in [7, 11) is 0. The van der Waals surface area contributed by atoms with Crippen LogP contribution in [0.4, 0.5) is 8.78 Å². The van der Waals surface area contributed by atoms with Gasteiger partial charge in [0.25, 0.3) is 0 Å². The predicted octanol–water partition coefficient (Wildman–Crippen LogP) is 4.76. The fraction of sp³-hybridized carbons (Fsp3) is 0.571. The summed E-state index contributed by atoms with van der Waals surface area (Å²) in [5.74, 6) is -2.41. The normalized spacial score (nSPS) is 36.0. The number of aryl methyl sites for hydroxylation is 1. The average Bonchev–Trinajstić information content (AvgIpc) is 3.56. The Labute approximate surface area is 209 Å². The lowest BCUT2D eigenvalue weighted by atomic mass is 9.81. The van der Waals surface area contributed by atoms with Crippen LogP contribution in [0.15, 0.2) is 42.5 Å². The zero-order valence-electron chi connectivity index (χ0n) is 20.2. The first kappa shape index (κ1) is 25.2. The first-order valence-electron chi connectivity index (χ1n) is 12.5. The van der Waals surface area contributed by atoms with Crippen molar-refractivity contribution in [2.75, 3.05) is 6.26 Å². The largest absolute Gasteiger partial charge is 0.387 e. The van der Waals surface area contributed by atoms with E-state index in [9.17, 15) is 24.1 Å². The number of halogens is 2. The van der Waals surface area contributed by atoms with Gasteiger partial charge in [-0.1, -0.05) is 49.4 Å². The molecule has 0 radical (unpaired) electrons. The number of fused-ring (bicyclic) bond motifs is 1. The molecule has 1 aliphatic heterocycles. The highest BCUT2D eigenvalue weighted by Crippen LogP contribution is 2.65. The van der Waals surface area contributed by atoms with Crippen LogP contribution >= 0.6 is 11.8 Å². The van der Waals surface area contributed by atoms with Gasteiger partial charge >= 0.3 is 0 Å². The average molecular weight is 505 g/mol.